The van der Waals surface area contributed by atoms with Gasteiger partial charge in [0.05, 0.1) is 31.8 Å². The maximum Gasteiger partial charge on any atom is 0.125 e. The van der Waals surface area contributed by atoms with Gasteiger partial charge < -0.3 is 24.7 Å². The molecule has 0 spiro atoms. The molecule has 5 heteroatoms. The SMILES string of the molecule is Cc1cc(C(c2ccccc2)(c2ccccc2)c2ccccc2)cc(C)c1OCCOCCOCCOc1ccc(C2=CC=CC(c3ccc(N)cc3)C=C2)cc1. The Balaban J connectivity index is 0.861. The van der Waals surface area contributed by atoms with Crippen LogP contribution >= 0.6 is 0 Å². The molecule has 6 aromatic rings. The van der Waals surface area contributed by atoms with Gasteiger partial charge in [0.2, 0.25) is 0 Å². The van der Waals surface area contributed by atoms with Gasteiger partial charge in [0.15, 0.2) is 0 Å². The molecule has 288 valence electrons. The second-order valence-electron chi connectivity index (χ2n) is 14.3. The van der Waals surface area contributed by atoms with E-state index in [2.05, 4.69) is 172 Å². The second kappa shape index (κ2) is 19.1. The molecule has 0 aliphatic heterocycles. The second-order valence-corrected chi connectivity index (χ2v) is 14.3. The number of aryl methyl sites for hydroxylation is 2. The van der Waals surface area contributed by atoms with Gasteiger partial charge in [0.1, 0.15) is 24.7 Å². The largest absolute Gasteiger partial charge is 0.491 e. The molecule has 1 aliphatic carbocycles. The summed E-state index contributed by atoms with van der Waals surface area (Å²) in [6.07, 6.45) is 10.8. The minimum atomic E-state index is -0.497. The van der Waals surface area contributed by atoms with Gasteiger partial charge in [0.25, 0.3) is 0 Å². The van der Waals surface area contributed by atoms with Crippen LogP contribution in [0.3, 0.4) is 0 Å². The summed E-state index contributed by atoms with van der Waals surface area (Å²) in [5.74, 6) is 1.93. The van der Waals surface area contributed by atoms with Crippen LogP contribution in [0, 0.1) is 13.8 Å². The van der Waals surface area contributed by atoms with Crippen LogP contribution in [0.15, 0.2) is 182 Å². The van der Waals surface area contributed by atoms with E-state index in [9.17, 15) is 0 Å². The molecule has 6 aromatic carbocycles. The first kappa shape index (κ1) is 39.1. The molecule has 7 rings (SSSR count). The van der Waals surface area contributed by atoms with Crippen LogP contribution in [-0.4, -0.2) is 39.6 Å². The van der Waals surface area contributed by atoms with Crippen molar-refractivity contribution in [2.24, 2.45) is 0 Å². The maximum absolute atomic E-state index is 6.33. The molecule has 0 saturated carbocycles. The Bertz CT molecular complexity index is 2140. The number of nitrogens with two attached hydrogens (primary N) is 1. The zero-order chi connectivity index (χ0) is 39.3. The fourth-order valence-corrected chi connectivity index (χ4v) is 7.68. The molecule has 0 heterocycles. The molecule has 0 amide bonds. The van der Waals surface area contributed by atoms with Crippen LogP contribution in [0.5, 0.6) is 11.5 Å². The maximum atomic E-state index is 6.33. The third-order valence-corrected chi connectivity index (χ3v) is 10.4. The molecule has 1 atom stereocenters. The summed E-state index contributed by atoms with van der Waals surface area (Å²) < 4.78 is 23.9. The Morgan fingerprint density at radius 2 is 1.04 bits per heavy atom. The lowest BCUT2D eigenvalue weighted by molar-refractivity contribution is 0.0272. The number of allylic oxidation sites excluding steroid dienone is 6. The normalized spacial score (nSPS) is 13.9. The minimum Gasteiger partial charge on any atom is -0.491 e. The van der Waals surface area contributed by atoms with E-state index in [-0.39, 0.29) is 5.92 Å². The van der Waals surface area contributed by atoms with E-state index in [0.29, 0.717) is 39.6 Å². The Morgan fingerprint density at radius 1 is 0.526 bits per heavy atom. The molecule has 0 bridgehead atoms. The summed E-state index contributed by atoms with van der Waals surface area (Å²) in [6.45, 7) is 7.10. The van der Waals surface area contributed by atoms with Gasteiger partial charge in [-0.15, -0.1) is 0 Å². The number of ether oxygens (including phenoxy) is 4. The van der Waals surface area contributed by atoms with Crippen LogP contribution in [-0.2, 0) is 14.9 Å². The fraction of sp³-hybridized carbons (Fsp3) is 0.192. The quantitative estimate of drug-likeness (QED) is 0.0571. The number of anilines is 1. The lowest BCUT2D eigenvalue weighted by atomic mass is 9.64. The van der Waals surface area contributed by atoms with Gasteiger partial charge >= 0.3 is 0 Å². The first-order chi connectivity index (χ1) is 28.0. The van der Waals surface area contributed by atoms with Crippen molar-refractivity contribution in [2.45, 2.75) is 25.2 Å². The molecule has 0 fully saturated rings. The summed E-state index contributed by atoms with van der Waals surface area (Å²) in [7, 11) is 0. The van der Waals surface area contributed by atoms with Crippen LogP contribution in [0.25, 0.3) is 5.57 Å². The van der Waals surface area contributed by atoms with E-state index in [1.54, 1.807) is 0 Å². The topological polar surface area (TPSA) is 62.9 Å². The summed E-state index contributed by atoms with van der Waals surface area (Å²) >= 11 is 0. The van der Waals surface area contributed by atoms with Gasteiger partial charge in [-0.25, -0.2) is 0 Å². The van der Waals surface area contributed by atoms with E-state index in [1.165, 1.54) is 27.8 Å². The lowest BCUT2D eigenvalue weighted by Crippen LogP contribution is -2.31. The first-order valence-electron chi connectivity index (χ1n) is 19.7. The number of rotatable bonds is 17. The molecule has 1 unspecified atom stereocenters. The van der Waals surface area contributed by atoms with Crippen LogP contribution in [0.2, 0.25) is 0 Å². The van der Waals surface area contributed by atoms with Crippen molar-refractivity contribution in [3.63, 3.8) is 0 Å². The van der Waals surface area contributed by atoms with Crippen LogP contribution in [0.4, 0.5) is 5.69 Å². The molecule has 1 aliphatic rings. The molecular formula is C52H51NO4. The molecular weight excluding hydrogens is 703 g/mol. The predicted octanol–water partition coefficient (Wildman–Crippen LogP) is 11.1. The van der Waals surface area contributed by atoms with E-state index in [4.69, 9.17) is 24.7 Å². The number of benzene rings is 6. The number of hydrogen-bond donors (Lipinski definition) is 1. The zero-order valence-electron chi connectivity index (χ0n) is 32.9. The summed E-state index contributed by atoms with van der Waals surface area (Å²) in [4.78, 5) is 0. The van der Waals surface area contributed by atoms with Gasteiger partial charge in [-0.05, 0) is 88.2 Å². The average Bonchev–Trinajstić information content (AvgIpc) is 3.51. The van der Waals surface area contributed by atoms with E-state index < -0.39 is 5.41 Å². The number of nitrogen functional groups attached to an aromatic ring is 1. The Hall–Kier alpha value is -6.14. The molecule has 5 nitrogen and oxygen atoms in total. The van der Waals surface area contributed by atoms with E-state index in [0.717, 1.165) is 39.4 Å². The van der Waals surface area contributed by atoms with Crippen molar-refractivity contribution < 1.29 is 18.9 Å². The highest BCUT2D eigenvalue weighted by Crippen LogP contribution is 2.46. The van der Waals surface area contributed by atoms with Crippen molar-refractivity contribution in [1.29, 1.82) is 0 Å². The molecule has 0 saturated heterocycles. The van der Waals surface area contributed by atoms with E-state index in [1.807, 2.05) is 24.3 Å². The highest BCUT2D eigenvalue weighted by Gasteiger charge is 2.38. The van der Waals surface area contributed by atoms with Gasteiger partial charge in [0, 0.05) is 11.6 Å². The third kappa shape index (κ3) is 9.46. The third-order valence-electron chi connectivity index (χ3n) is 10.4. The first-order valence-corrected chi connectivity index (χ1v) is 19.7. The Morgan fingerprint density at radius 3 is 1.58 bits per heavy atom. The summed E-state index contributed by atoms with van der Waals surface area (Å²) in [5, 5.41) is 0. The van der Waals surface area contributed by atoms with Crippen molar-refractivity contribution in [1.82, 2.24) is 0 Å². The highest BCUT2D eigenvalue weighted by atomic mass is 16.6. The van der Waals surface area contributed by atoms with Gasteiger partial charge in [-0.3, -0.25) is 0 Å². The van der Waals surface area contributed by atoms with Crippen LogP contribution in [0.1, 0.15) is 50.4 Å². The van der Waals surface area contributed by atoms with Crippen molar-refractivity contribution in [2.75, 3.05) is 45.4 Å². The predicted molar refractivity (Wildman–Crippen MR) is 233 cm³/mol. The molecule has 0 aromatic heterocycles. The van der Waals surface area contributed by atoms with Gasteiger partial charge in [-0.1, -0.05) is 158 Å². The van der Waals surface area contributed by atoms with Crippen molar-refractivity contribution in [3.05, 3.63) is 227 Å². The summed E-state index contributed by atoms with van der Waals surface area (Å²) in [6, 6.07) is 53.1. The number of hydrogen-bond acceptors (Lipinski definition) is 5. The fourth-order valence-electron chi connectivity index (χ4n) is 7.68. The van der Waals surface area contributed by atoms with E-state index >= 15 is 0 Å². The molecule has 57 heavy (non-hydrogen) atoms. The summed E-state index contributed by atoms with van der Waals surface area (Å²) in [5.41, 5.74) is 16.7. The Labute approximate surface area is 337 Å². The highest BCUT2D eigenvalue weighted by molar-refractivity contribution is 5.76. The van der Waals surface area contributed by atoms with Crippen LogP contribution < -0.4 is 15.2 Å². The lowest BCUT2D eigenvalue weighted by Gasteiger charge is -2.37. The van der Waals surface area contributed by atoms with Crippen molar-refractivity contribution in [3.8, 4) is 11.5 Å². The average molecular weight is 754 g/mol. The molecule has 0 radical (unpaired) electrons. The van der Waals surface area contributed by atoms with Gasteiger partial charge in [-0.2, -0.15) is 0 Å². The molecule has 2 N–H and O–H groups in total. The monoisotopic (exact) mass is 753 g/mol. The smallest absolute Gasteiger partial charge is 0.125 e. The Kier molecular flexibility index (Phi) is 13.1. The standard InChI is InChI=1S/C52H51NO4/c1-39-37-48(52(45-15-6-3-7-16-45,46-17-8-4-9-18-46)47-19-10-5-11-20-47)38-40(2)51(39)57-36-34-55-32-31-54-33-35-56-50-29-25-44(26-30-50)42-14-12-13-41(21-22-42)43-23-27-49(53)28-24-43/h3-30,37-38,41H,31-36,53H2,1-2H3. The minimum absolute atomic E-state index is 0.214. The zero-order valence-corrected chi connectivity index (χ0v) is 32.9. The van der Waals surface area contributed by atoms with Crippen molar-refractivity contribution >= 4 is 11.3 Å².